The van der Waals surface area contributed by atoms with Crippen molar-refractivity contribution in [1.29, 1.82) is 0 Å². The molecule has 3 aromatic rings. The van der Waals surface area contributed by atoms with Gasteiger partial charge in [0.2, 0.25) is 0 Å². The summed E-state index contributed by atoms with van der Waals surface area (Å²) in [6.45, 7) is 0.420. The number of halogens is 2. The molecule has 32 heavy (non-hydrogen) atoms. The number of esters is 1. The van der Waals surface area contributed by atoms with E-state index in [9.17, 15) is 9.59 Å². The molecule has 0 radical (unpaired) electrons. The molecule has 1 heterocycles. The Bertz CT molecular complexity index is 1150. The maximum Gasteiger partial charge on any atom is 0.342 e. The van der Waals surface area contributed by atoms with Crippen molar-refractivity contribution in [2.45, 2.75) is 19.4 Å². The van der Waals surface area contributed by atoms with Gasteiger partial charge in [0.25, 0.3) is 5.91 Å². The number of aryl methyl sites for hydroxylation is 1. The molecule has 0 fully saturated rings. The van der Waals surface area contributed by atoms with E-state index in [4.69, 9.17) is 32.7 Å². The molecular formula is C25H21Cl2NO4. The highest BCUT2D eigenvalue weighted by atomic mass is 35.5. The zero-order chi connectivity index (χ0) is 22.5. The van der Waals surface area contributed by atoms with Crippen LogP contribution >= 0.6 is 23.2 Å². The zero-order valence-corrected chi connectivity index (χ0v) is 18.7. The fourth-order valence-electron chi connectivity index (χ4n) is 3.63. The summed E-state index contributed by atoms with van der Waals surface area (Å²) in [5.41, 5.74) is 2.98. The van der Waals surface area contributed by atoms with Gasteiger partial charge in [-0.25, -0.2) is 4.79 Å². The molecule has 0 aromatic heterocycles. The number of ether oxygens (including phenoxy) is 2. The molecule has 1 amide bonds. The van der Waals surface area contributed by atoms with Crippen molar-refractivity contribution in [3.63, 3.8) is 0 Å². The van der Waals surface area contributed by atoms with Gasteiger partial charge in [-0.05, 0) is 48.7 Å². The smallest absolute Gasteiger partial charge is 0.342 e. The molecular weight excluding hydrogens is 449 g/mol. The fraction of sp³-hybridized carbons (Fsp3) is 0.200. The van der Waals surface area contributed by atoms with Crippen molar-refractivity contribution in [2.24, 2.45) is 0 Å². The van der Waals surface area contributed by atoms with Crippen LogP contribution in [0, 0.1) is 0 Å². The quantitative estimate of drug-likeness (QED) is 0.433. The first-order chi connectivity index (χ1) is 15.5. The van der Waals surface area contributed by atoms with Crippen LogP contribution in [0.15, 0.2) is 66.7 Å². The zero-order valence-electron chi connectivity index (χ0n) is 17.2. The van der Waals surface area contributed by atoms with Gasteiger partial charge in [-0.2, -0.15) is 0 Å². The molecule has 1 aliphatic heterocycles. The van der Waals surface area contributed by atoms with Crippen LogP contribution in [0.2, 0.25) is 10.0 Å². The summed E-state index contributed by atoms with van der Waals surface area (Å²) in [5.74, 6) is -0.530. The lowest BCUT2D eigenvalue weighted by atomic mass is 10.0. The van der Waals surface area contributed by atoms with Gasteiger partial charge in [0.05, 0.1) is 0 Å². The average Bonchev–Trinajstić information content (AvgIpc) is 2.81. The average molecular weight is 470 g/mol. The Morgan fingerprint density at radius 1 is 0.969 bits per heavy atom. The molecule has 0 unspecified atom stereocenters. The Hall–Kier alpha value is -3.02. The van der Waals surface area contributed by atoms with E-state index in [1.807, 2.05) is 24.3 Å². The van der Waals surface area contributed by atoms with Gasteiger partial charge in [-0.3, -0.25) is 4.79 Å². The Balaban J connectivity index is 1.40. The molecule has 0 atom stereocenters. The summed E-state index contributed by atoms with van der Waals surface area (Å²) in [6.07, 6.45) is 1.81. The number of fused-ring (bicyclic) bond motifs is 1. The number of carbonyl (C=O) groups excluding carboxylic acids is 2. The van der Waals surface area contributed by atoms with Gasteiger partial charge in [0.15, 0.2) is 6.61 Å². The summed E-state index contributed by atoms with van der Waals surface area (Å²) in [6, 6.07) is 19.6. The molecule has 0 saturated heterocycles. The fourth-order valence-corrected chi connectivity index (χ4v) is 4.09. The maximum atomic E-state index is 12.7. The van der Waals surface area contributed by atoms with E-state index in [0.29, 0.717) is 22.3 Å². The summed E-state index contributed by atoms with van der Waals surface area (Å²) < 4.78 is 11.1. The van der Waals surface area contributed by atoms with Crippen molar-refractivity contribution in [3.05, 3.63) is 93.5 Å². The number of nitrogens with zero attached hydrogens (tertiary/aromatic N) is 1. The first kappa shape index (κ1) is 22.2. The van der Waals surface area contributed by atoms with Gasteiger partial charge >= 0.3 is 5.97 Å². The molecule has 0 spiro atoms. The summed E-state index contributed by atoms with van der Waals surface area (Å²) >= 11 is 12.1. The number of para-hydroxylation sites is 2. The first-order valence-corrected chi connectivity index (χ1v) is 11.0. The topological polar surface area (TPSA) is 55.8 Å². The molecule has 3 aromatic carbocycles. The van der Waals surface area contributed by atoms with Crippen molar-refractivity contribution >= 4 is 40.8 Å². The van der Waals surface area contributed by atoms with Crippen LogP contribution in [0.25, 0.3) is 0 Å². The highest BCUT2D eigenvalue weighted by Crippen LogP contribution is 2.27. The summed E-state index contributed by atoms with van der Waals surface area (Å²) in [5, 5.41) is 1.01. The lowest BCUT2D eigenvalue weighted by molar-refractivity contribution is -0.121. The SMILES string of the molecule is O=C(OCC(=O)N1CCCc2ccccc21)c1ccccc1OCc1ccc(Cl)cc1Cl. The summed E-state index contributed by atoms with van der Waals surface area (Å²) in [4.78, 5) is 27.1. The standard InChI is InChI=1S/C25H21Cl2NO4/c26-19-12-11-18(21(27)14-19)15-31-23-10-4-2-8-20(23)25(30)32-16-24(29)28-13-5-7-17-6-1-3-9-22(17)28/h1-4,6,8-12,14H,5,7,13,15-16H2. The van der Waals surface area contributed by atoms with Crippen LogP contribution in [0.1, 0.15) is 27.9 Å². The van der Waals surface area contributed by atoms with Crippen molar-refractivity contribution in [2.75, 3.05) is 18.1 Å². The number of hydrogen-bond donors (Lipinski definition) is 0. The molecule has 0 aliphatic carbocycles. The van der Waals surface area contributed by atoms with Crippen molar-refractivity contribution in [3.8, 4) is 5.75 Å². The van der Waals surface area contributed by atoms with Crippen molar-refractivity contribution < 1.29 is 19.1 Å². The third-order valence-corrected chi connectivity index (χ3v) is 5.83. The minimum absolute atomic E-state index is 0.157. The Labute approximate surface area is 196 Å². The molecule has 7 heteroatoms. The summed E-state index contributed by atoms with van der Waals surface area (Å²) in [7, 11) is 0. The molecule has 1 aliphatic rings. The van der Waals surface area contributed by atoms with Crippen LogP contribution in [-0.2, 0) is 22.6 Å². The van der Waals surface area contributed by atoms with E-state index in [1.54, 1.807) is 47.4 Å². The van der Waals surface area contributed by atoms with Crippen LogP contribution < -0.4 is 9.64 Å². The lowest BCUT2D eigenvalue weighted by Crippen LogP contribution is -2.38. The molecule has 0 bridgehead atoms. The third-order valence-electron chi connectivity index (χ3n) is 5.24. The van der Waals surface area contributed by atoms with E-state index in [1.165, 1.54) is 0 Å². The Morgan fingerprint density at radius 2 is 1.75 bits per heavy atom. The minimum atomic E-state index is -0.624. The second-order valence-electron chi connectivity index (χ2n) is 7.37. The molecule has 0 saturated carbocycles. The second kappa shape index (κ2) is 10.1. The third kappa shape index (κ3) is 5.06. The number of benzene rings is 3. The monoisotopic (exact) mass is 469 g/mol. The van der Waals surface area contributed by atoms with Gasteiger partial charge in [0.1, 0.15) is 17.9 Å². The lowest BCUT2D eigenvalue weighted by Gasteiger charge is -2.29. The van der Waals surface area contributed by atoms with Gasteiger partial charge < -0.3 is 14.4 Å². The van der Waals surface area contributed by atoms with Crippen LogP contribution in [0.3, 0.4) is 0 Å². The first-order valence-electron chi connectivity index (χ1n) is 10.2. The van der Waals surface area contributed by atoms with E-state index in [0.717, 1.165) is 29.7 Å². The molecule has 0 N–H and O–H groups in total. The Morgan fingerprint density at radius 3 is 2.59 bits per heavy atom. The van der Waals surface area contributed by atoms with Crippen LogP contribution in [0.5, 0.6) is 5.75 Å². The van der Waals surface area contributed by atoms with Gasteiger partial charge in [0, 0.05) is 27.8 Å². The van der Waals surface area contributed by atoms with E-state index in [-0.39, 0.29) is 24.7 Å². The molecule has 4 rings (SSSR count). The number of anilines is 1. The van der Waals surface area contributed by atoms with Crippen LogP contribution in [0.4, 0.5) is 5.69 Å². The normalized spacial score (nSPS) is 12.8. The molecule has 5 nitrogen and oxygen atoms in total. The van der Waals surface area contributed by atoms with Gasteiger partial charge in [-0.1, -0.05) is 59.6 Å². The maximum absolute atomic E-state index is 12.7. The van der Waals surface area contributed by atoms with Crippen LogP contribution in [-0.4, -0.2) is 25.0 Å². The predicted octanol–water partition coefficient (Wildman–Crippen LogP) is 5.71. The van der Waals surface area contributed by atoms with E-state index >= 15 is 0 Å². The second-order valence-corrected chi connectivity index (χ2v) is 8.22. The minimum Gasteiger partial charge on any atom is -0.488 e. The Kier molecular flexibility index (Phi) is 6.98. The highest BCUT2D eigenvalue weighted by Gasteiger charge is 2.24. The predicted molar refractivity (Wildman–Crippen MR) is 125 cm³/mol. The number of carbonyl (C=O) groups is 2. The largest absolute Gasteiger partial charge is 0.488 e. The number of amides is 1. The van der Waals surface area contributed by atoms with E-state index < -0.39 is 5.97 Å². The van der Waals surface area contributed by atoms with Gasteiger partial charge in [-0.15, -0.1) is 0 Å². The highest BCUT2D eigenvalue weighted by molar-refractivity contribution is 6.35. The number of hydrogen-bond acceptors (Lipinski definition) is 4. The number of rotatable bonds is 6. The van der Waals surface area contributed by atoms with E-state index in [2.05, 4.69) is 0 Å². The van der Waals surface area contributed by atoms with Crippen molar-refractivity contribution in [1.82, 2.24) is 0 Å². The molecule has 164 valence electrons.